The Kier molecular flexibility index (Phi) is 2.54. The van der Waals surface area contributed by atoms with Crippen molar-refractivity contribution in [1.29, 1.82) is 0 Å². The van der Waals surface area contributed by atoms with E-state index in [-0.39, 0.29) is 6.10 Å². The van der Waals surface area contributed by atoms with E-state index in [9.17, 15) is 0 Å². The molecule has 0 unspecified atom stereocenters. The lowest BCUT2D eigenvalue weighted by molar-refractivity contribution is 0.0916. The van der Waals surface area contributed by atoms with Gasteiger partial charge in [-0.15, -0.1) is 0 Å². The molecule has 1 atom stereocenters. The van der Waals surface area contributed by atoms with Crippen molar-refractivity contribution in [3.05, 3.63) is 10.4 Å². The zero-order chi connectivity index (χ0) is 7.40. The van der Waals surface area contributed by atoms with E-state index in [1.54, 1.807) is 7.11 Å². The molecule has 0 aliphatic heterocycles. The van der Waals surface area contributed by atoms with Crippen LogP contribution >= 0.6 is 0 Å². The monoisotopic (exact) mass is 141 g/mol. The van der Waals surface area contributed by atoms with Crippen molar-refractivity contribution in [3.8, 4) is 0 Å². The maximum absolute atomic E-state index is 8.02. The smallest absolute Gasteiger partial charge is 0.0655 e. The summed E-state index contributed by atoms with van der Waals surface area (Å²) in [7, 11) is 1.66. The topological polar surface area (TPSA) is 58.0 Å². The van der Waals surface area contributed by atoms with Crippen LogP contribution in [-0.4, -0.2) is 19.8 Å². The van der Waals surface area contributed by atoms with Gasteiger partial charge in [0.2, 0.25) is 0 Å². The van der Waals surface area contributed by atoms with Gasteiger partial charge < -0.3 is 4.74 Å². The minimum absolute atomic E-state index is 0.163. The van der Waals surface area contributed by atoms with Crippen LogP contribution in [0.2, 0.25) is 0 Å². The third kappa shape index (κ3) is 1.90. The number of ether oxygens (including phenoxy) is 1. The predicted molar refractivity (Wildman–Crippen MR) is 37.5 cm³/mol. The van der Waals surface area contributed by atoms with Crippen molar-refractivity contribution in [3.63, 3.8) is 0 Å². The molecule has 1 fully saturated rings. The van der Waals surface area contributed by atoms with E-state index in [0.717, 1.165) is 0 Å². The fraction of sp³-hybridized carbons (Fsp3) is 1.00. The SMILES string of the molecule is CO[C@H](CN=[N+]=[N-])C1CC1. The van der Waals surface area contributed by atoms with Crippen molar-refractivity contribution >= 4 is 0 Å². The van der Waals surface area contributed by atoms with Crippen molar-refractivity contribution in [2.24, 2.45) is 11.0 Å². The third-order valence-corrected chi connectivity index (χ3v) is 1.78. The summed E-state index contributed by atoms with van der Waals surface area (Å²) in [6, 6.07) is 0. The molecule has 0 aromatic rings. The molecule has 0 aromatic carbocycles. The molecule has 4 heteroatoms. The summed E-state index contributed by atoms with van der Waals surface area (Å²) < 4.78 is 5.11. The average Bonchev–Trinajstić information content (AvgIpc) is 2.73. The largest absolute Gasteiger partial charge is 0.381 e. The highest BCUT2D eigenvalue weighted by molar-refractivity contribution is 4.83. The van der Waals surface area contributed by atoms with Gasteiger partial charge in [0.05, 0.1) is 12.6 Å². The Bertz CT molecular complexity index is 149. The number of hydrogen-bond donors (Lipinski definition) is 0. The quantitative estimate of drug-likeness (QED) is 0.334. The van der Waals surface area contributed by atoms with Crippen LogP contribution in [0.3, 0.4) is 0 Å². The van der Waals surface area contributed by atoms with Crippen LogP contribution in [0.4, 0.5) is 0 Å². The van der Waals surface area contributed by atoms with Crippen molar-refractivity contribution in [2.45, 2.75) is 18.9 Å². The fourth-order valence-electron chi connectivity index (χ4n) is 1.00. The van der Waals surface area contributed by atoms with Gasteiger partial charge in [0.15, 0.2) is 0 Å². The first-order valence-electron chi connectivity index (χ1n) is 3.42. The lowest BCUT2D eigenvalue weighted by Gasteiger charge is -2.09. The Morgan fingerprint density at radius 2 is 2.50 bits per heavy atom. The van der Waals surface area contributed by atoms with E-state index in [1.807, 2.05) is 0 Å². The van der Waals surface area contributed by atoms with Gasteiger partial charge in [-0.05, 0) is 24.3 Å². The molecule has 1 aliphatic carbocycles. The zero-order valence-corrected chi connectivity index (χ0v) is 6.03. The Hall–Kier alpha value is -0.730. The van der Waals surface area contributed by atoms with E-state index in [4.69, 9.17) is 10.3 Å². The first-order chi connectivity index (χ1) is 4.88. The highest BCUT2D eigenvalue weighted by Crippen LogP contribution is 2.34. The lowest BCUT2D eigenvalue weighted by atomic mass is 10.2. The Morgan fingerprint density at radius 1 is 1.80 bits per heavy atom. The normalized spacial score (nSPS) is 19.7. The molecule has 0 bridgehead atoms. The van der Waals surface area contributed by atoms with Crippen LogP contribution < -0.4 is 0 Å². The standard InChI is InChI=1S/C6H11N3O/c1-10-6(4-8-9-7)5-2-3-5/h5-6H,2-4H2,1H3/t6-/m1/s1. The molecular weight excluding hydrogens is 130 g/mol. The van der Waals surface area contributed by atoms with Gasteiger partial charge in [-0.2, -0.15) is 0 Å². The van der Waals surface area contributed by atoms with E-state index < -0.39 is 0 Å². The van der Waals surface area contributed by atoms with Crippen LogP contribution in [0.15, 0.2) is 5.11 Å². The number of hydrogen-bond acceptors (Lipinski definition) is 2. The minimum atomic E-state index is 0.163. The molecule has 1 saturated carbocycles. The minimum Gasteiger partial charge on any atom is -0.381 e. The van der Waals surface area contributed by atoms with Crippen molar-refractivity contribution in [2.75, 3.05) is 13.7 Å². The molecule has 1 rings (SSSR count). The Morgan fingerprint density at radius 3 is 2.90 bits per heavy atom. The van der Waals surface area contributed by atoms with Crippen LogP contribution in [0.1, 0.15) is 12.8 Å². The highest BCUT2D eigenvalue weighted by Gasteiger charge is 2.30. The van der Waals surface area contributed by atoms with Gasteiger partial charge in [-0.1, -0.05) is 5.11 Å². The van der Waals surface area contributed by atoms with E-state index in [2.05, 4.69) is 10.0 Å². The molecule has 0 radical (unpaired) electrons. The summed E-state index contributed by atoms with van der Waals surface area (Å²) in [4.78, 5) is 2.68. The molecule has 4 nitrogen and oxygen atoms in total. The third-order valence-electron chi connectivity index (χ3n) is 1.78. The summed E-state index contributed by atoms with van der Waals surface area (Å²) in [6.45, 7) is 0.484. The molecule has 10 heavy (non-hydrogen) atoms. The molecule has 0 saturated heterocycles. The van der Waals surface area contributed by atoms with Crippen LogP contribution in [-0.2, 0) is 4.74 Å². The molecule has 0 spiro atoms. The summed E-state index contributed by atoms with van der Waals surface area (Å²) in [5.74, 6) is 0.649. The van der Waals surface area contributed by atoms with Gasteiger partial charge in [0.25, 0.3) is 0 Å². The van der Waals surface area contributed by atoms with Crippen LogP contribution in [0.5, 0.6) is 0 Å². The predicted octanol–water partition coefficient (Wildman–Crippen LogP) is 1.72. The number of azide groups is 1. The second-order valence-corrected chi connectivity index (χ2v) is 2.53. The molecule has 1 aliphatic rings. The lowest BCUT2D eigenvalue weighted by Crippen LogP contribution is -2.16. The summed E-state index contributed by atoms with van der Waals surface area (Å²) in [6.07, 6.45) is 2.61. The Labute approximate surface area is 59.8 Å². The first kappa shape index (κ1) is 7.38. The second-order valence-electron chi connectivity index (χ2n) is 2.53. The van der Waals surface area contributed by atoms with E-state index in [0.29, 0.717) is 12.5 Å². The molecule has 0 N–H and O–H groups in total. The Balaban J connectivity index is 2.25. The number of rotatable bonds is 4. The number of nitrogens with zero attached hydrogens (tertiary/aromatic N) is 3. The van der Waals surface area contributed by atoms with Gasteiger partial charge in [-0.3, -0.25) is 0 Å². The van der Waals surface area contributed by atoms with E-state index in [1.165, 1.54) is 12.8 Å². The van der Waals surface area contributed by atoms with Crippen molar-refractivity contribution < 1.29 is 4.74 Å². The van der Waals surface area contributed by atoms with Gasteiger partial charge in [0, 0.05) is 12.0 Å². The average molecular weight is 141 g/mol. The van der Waals surface area contributed by atoms with Crippen LogP contribution in [0, 0.1) is 5.92 Å². The summed E-state index contributed by atoms with van der Waals surface area (Å²) >= 11 is 0. The maximum Gasteiger partial charge on any atom is 0.0655 e. The second kappa shape index (κ2) is 3.44. The molecule has 0 aromatic heterocycles. The molecule has 0 amide bonds. The van der Waals surface area contributed by atoms with Gasteiger partial charge in [-0.25, -0.2) is 0 Å². The zero-order valence-electron chi connectivity index (χ0n) is 6.03. The van der Waals surface area contributed by atoms with Gasteiger partial charge >= 0.3 is 0 Å². The summed E-state index contributed by atoms with van der Waals surface area (Å²) in [5.41, 5.74) is 8.02. The maximum atomic E-state index is 8.02. The highest BCUT2D eigenvalue weighted by atomic mass is 16.5. The molecular formula is C6H11N3O. The van der Waals surface area contributed by atoms with E-state index >= 15 is 0 Å². The fourth-order valence-corrected chi connectivity index (χ4v) is 1.00. The van der Waals surface area contributed by atoms with Crippen molar-refractivity contribution in [1.82, 2.24) is 0 Å². The first-order valence-corrected chi connectivity index (χ1v) is 3.42. The van der Waals surface area contributed by atoms with Gasteiger partial charge in [0.1, 0.15) is 0 Å². The molecule has 0 heterocycles. The van der Waals surface area contributed by atoms with Crippen LogP contribution in [0.25, 0.3) is 10.4 Å². The number of methoxy groups -OCH3 is 1. The molecule has 56 valence electrons. The summed E-state index contributed by atoms with van der Waals surface area (Å²) in [5, 5.41) is 3.46.